The van der Waals surface area contributed by atoms with Gasteiger partial charge >= 0.3 is 6.18 Å². The number of halogens is 5. The van der Waals surface area contributed by atoms with Gasteiger partial charge in [0.05, 0.1) is 16.3 Å². The summed E-state index contributed by atoms with van der Waals surface area (Å²) < 4.78 is 44.3. The molecular weight excluding hydrogens is 411 g/mol. The van der Waals surface area contributed by atoms with E-state index in [1.807, 2.05) is 13.0 Å². The first-order valence-electron chi connectivity index (χ1n) is 6.72. The topological polar surface area (TPSA) is 38.3 Å². The van der Waals surface area contributed by atoms with Crippen LogP contribution in [0.25, 0.3) is 0 Å². The minimum absolute atomic E-state index is 0.0103. The van der Waals surface area contributed by atoms with E-state index >= 15 is 0 Å². The van der Waals surface area contributed by atoms with Gasteiger partial charge in [-0.25, -0.2) is 0 Å². The highest BCUT2D eigenvalue weighted by molar-refractivity contribution is 9.10. The van der Waals surface area contributed by atoms with Crippen molar-refractivity contribution in [3.8, 4) is 5.75 Å². The van der Waals surface area contributed by atoms with Crippen LogP contribution in [-0.2, 0) is 11.0 Å². The van der Waals surface area contributed by atoms with Gasteiger partial charge in [-0.1, -0.05) is 27.5 Å². The Labute approximate surface area is 149 Å². The molecule has 0 aromatic heterocycles. The first-order valence-corrected chi connectivity index (χ1v) is 7.89. The summed E-state index contributed by atoms with van der Waals surface area (Å²) in [4.78, 5) is 11.9. The van der Waals surface area contributed by atoms with E-state index in [4.69, 9.17) is 16.3 Å². The first-order chi connectivity index (χ1) is 11.2. The fraction of sp³-hybridized carbons (Fsp3) is 0.188. The lowest BCUT2D eigenvalue weighted by Gasteiger charge is -2.13. The van der Waals surface area contributed by atoms with Crippen molar-refractivity contribution in [1.29, 1.82) is 0 Å². The summed E-state index contributed by atoms with van der Waals surface area (Å²) in [6.45, 7) is 1.46. The monoisotopic (exact) mass is 421 g/mol. The Balaban J connectivity index is 2.04. The normalized spacial score (nSPS) is 11.2. The van der Waals surface area contributed by atoms with Crippen molar-refractivity contribution in [3.63, 3.8) is 0 Å². The number of benzene rings is 2. The number of amides is 1. The number of hydrogen-bond donors (Lipinski definition) is 1. The Bertz CT molecular complexity index is 765. The maximum absolute atomic E-state index is 12.7. The molecule has 0 saturated carbocycles. The highest BCUT2D eigenvalue weighted by Gasteiger charge is 2.31. The molecule has 3 nitrogen and oxygen atoms in total. The number of carbonyl (C=O) groups excluding carboxylic acids is 1. The van der Waals surface area contributed by atoms with Gasteiger partial charge in [0, 0.05) is 4.47 Å². The van der Waals surface area contributed by atoms with Gasteiger partial charge in [-0.15, -0.1) is 0 Å². The molecule has 0 unspecified atom stereocenters. The Morgan fingerprint density at radius 2 is 1.96 bits per heavy atom. The van der Waals surface area contributed by atoms with E-state index in [9.17, 15) is 18.0 Å². The third kappa shape index (κ3) is 4.88. The van der Waals surface area contributed by atoms with Crippen molar-refractivity contribution in [3.05, 3.63) is 57.0 Å². The van der Waals surface area contributed by atoms with Crippen LogP contribution in [0.5, 0.6) is 5.75 Å². The maximum Gasteiger partial charge on any atom is 0.416 e. The number of carbonyl (C=O) groups is 1. The predicted molar refractivity (Wildman–Crippen MR) is 89.5 cm³/mol. The molecule has 8 heteroatoms. The summed E-state index contributed by atoms with van der Waals surface area (Å²) in [5, 5.41) is 2.33. The van der Waals surface area contributed by atoms with Gasteiger partial charge in [-0.3, -0.25) is 4.79 Å². The number of aryl methyl sites for hydroxylation is 1. The van der Waals surface area contributed by atoms with E-state index < -0.39 is 17.6 Å². The Morgan fingerprint density at radius 3 is 2.58 bits per heavy atom. The second-order valence-corrected chi connectivity index (χ2v) is 6.26. The standard InChI is InChI=1S/C16H12BrClF3NO2/c1-9-6-11(17)3-5-14(9)24-8-15(23)22-13-7-10(16(19,20)21)2-4-12(13)18/h2-7H,8H2,1H3,(H,22,23). The lowest BCUT2D eigenvalue weighted by Crippen LogP contribution is -2.21. The molecule has 2 aromatic carbocycles. The number of nitrogens with one attached hydrogen (secondary N) is 1. The largest absolute Gasteiger partial charge is 0.483 e. The molecule has 0 aliphatic rings. The van der Waals surface area contributed by atoms with E-state index in [0.29, 0.717) is 5.75 Å². The highest BCUT2D eigenvalue weighted by atomic mass is 79.9. The minimum Gasteiger partial charge on any atom is -0.483 e. The van der Waals surface area contributed by atoms with Crippen LogP contribution in [0, 0.1) is 6.92 Å². The van der Waals surface area contributed by atoms with Crippen molar-refractivity contribution < 1.29 is 22.7 Å². The van der Waals surface area contributed by atoms with E-state index in [1.165, 1.54) is 0 Å². The SMILES string of the molecule is Cc1cc(Br)ccc1OCC(=O)Nc1cc(C(F)(F)F)ccc1Cl. The van der Waals surface area contributed by atoms with Crippen molar-refractivity contribution in [2.45, 2.75) is 13.1 Å². The van der Waals surface area contributed by atoms with E-state index in [1.54, 1.807) is 12.1 Å². The second kappa shape index (κ2) is 7.44. The van der Waals surface area contributed by atoms with Crippen LogP contribution in [0.4, 0.5) is 18.9 Å². The predicted octanol–water partition coefficient (Wildman–Crippen LogP) is 5.45. The zero-order valence-corrected chi connectivity index (χ0v) is 14.7. The van der Waals surface area contributed by atoms with Crippen molar-refractivity contribution >= 4 is 39.1 Å². The zero-order valence-electron chi connectivity index (χ0n) is 12.4. The molecule has 0 atom stereocenters. The van der Waals surface area contributed by atoms with Crippen molar-refractivity contribution in [2.75, 3.05) is 11.9 Å². The van der Waals surface area contributed by atoms with Gasteiger partial charge in [-0.2, -0.15) is 13.2 Å². The van der Waals surface area contributed by atoms with Crippen LogP contribution in [0.15, 0.2) is 40.9 Å². The minimum atomic E-state index is -4.52. The first kappa shape index (κ1) is 18.6. The van der Waals surface area contributed by atoms with Gasteiger partial charge in [-0.05, 0) is 48.9 Å². The molecule has 1 amide bonds. The smallest absolute Gasteiger partial charge is 0.416 e. The van der Waals surface area contributed by atoms with Crippen LogP contribution in [0.2, 0.25) is 5.02 Å². The summed E-state index contributed by atoms with van der Waals surface area (Å²) in [6.07, 6.45) is -4.52. The second-order valence-electron chi connectivity index (χ2n) is 4.94. The molecule has 0 aliphatic carbocycles. The van der Waals surface area contributed by atoms with Crippen LogP contribution in [0.1, 0.15) is 11.1 Å². The van der Waals surface area contributed by atoms with Crippen molar-refractivity contribution in [2.24, 2.45) is 0 Å². The summed E-state index contributed by atoms with van der Waals surface area (Å²) in [6, 6.07) is 7.97. The van der Waals surface area contributed by atoms with Gasteiger partial charge in [0.15, 0.2) is 6.61 Å². The van der Waals surface area contributed by atoms with Gasteiger partial charge in [0.2, 0.25) is 0 Å². The summed E-state index contributed by atoms with van der Waals surface area (Å²) in [5.74, 6) is -0.109. The quantitative estimate of drug-likeness (QED) is 0.712. The highest BCUT2D eigenvalue weighted by Crippen LogP contribution is 2.33. The van der Waals surface area contributed by atoms with Gasteiger partial charge in [0.25, 0.3) is 5.91 Å². The molecule has 0 spiro atoms. The van der Waals surface area contributed by atoms with E-state index in [0.717, 1.165) is 28.2 Å². The molecule has 0 saturated heterocycles. The van der Waals surface area contributed by atoms with Crippen LogP contribution in [-0.4, -0.2) is 12.5 Å². The van der Waals surface area contributed by atoms with Crippen LogP contribution in [0.3, 0.4) is 0 Å². The van der Waals surface area contributed by atoms with Crippen LogP contribution >= 0.6 is 27.5 Å². The number of anilines is 1. The fourth-order valence-corrected chi connectivity index (χ4v) is 2.54. The fourth-order valence-electron chi connectivity index (χ4n) is 1.90. The molecule has 2 aromatic rings. The number of ether oxygens (including phenoxy) is 1. The molecule has 0 aliphatic heterocycles. The zero-order chi connectivity index (χ0) is 17.9. The number of alkyl halides is 3. The molecule has 1 N–H and O–H groups in total. The Morgan fingerprint density at radius 1 is 1.25 bits per heavy atom. The summed E-state index contributed by atoms with van der Waals surface area (Å²) in [5.41, 5.74) is -0.200. The molecular formula is C16H12BrClF3NO2. The summed E-state index contributed by atoms with van der Waals surface area (Å²) >= 11 is 9.13. The molecule has 0 heterocycles. The van der Waals surface area contributed by atoms with Crippen LogP contribution < -0.4 is 10.1 Å². The third-order valence-electron chi connectivity index (χ3n) is 3.06. The lowest BCUT2D eigenvalue weighted by molar-refractivity contribution is -0.137. The average molecular weight is 423 g/mol. The van der Waals surface area contributed by atoms with E-state index in [-0.39, 0.29) is 17.3 Å². The molecule has 0 radical (unpaired) electrons. The molecule has 2 rings (SSSR count). The molecule has 128 valence electrons. The third-order valence-corrected chi connectivity index (χ3v) is 3.89. The van der Waals surface area contributed by atoms with E-state index in [2.05, 4.69) is 21.2 Å². The lowest BCUT2D eigenvalue weighted by atomic mass is 10.2. The molecule has 0 bridgehead atoms. The Hall–Kier alpha value is -1.73. The number of rotatable bonds is 4. The molecule has 0 fully saturated rings. The van der Waals surface area contributed by atoms with Crippen molar-refractivity contribution in [1.82, 2.24) is 0 Å². The van der Waals surface area contributed by atoms with Gasteiger partial charge in [0.1, 0.15) is 5.75 Å². The average Bonchev–Trinajstić information content (AvgIpc) is 2.47. The summed E-state index contributed by atoms with van der Waals surface area (Å²) in [7, 11) is 0. The maximum atomic E-state index is 12.7. The number of hydrogen-bond acceptors (Lipinski definition) is 2. The van der Waals surface area contributed by atoms with Gasteiger partial charge < -0.3 is 10.1 Å². The molecule has 24 heavy (non-hydrogen) atoms. The Kier molecular flexibility index (Phi) is 5.77.